The van der Waals surface area contributed by atoms with Crippen molar-refractivity contribution in [2.45, 2.75) is 32.7 Å². The van der Waals surface area contributed by atoms with Crippen molar-refractivity contribution in [2.24, 2.45) is 4.99 Å². The van der Waals surface area contributed by atoms with Gasteiger partial charge >= 0.3 is 0 Å². The number of guanidine groups is 1. The molecule has 2 rings (SSSR count). The van der Waals surface area contributed by atoms with Crippen LogP contribution in [0.4, 0.5) is 5.69 Å². The number of aliphatic imine (C=N–C) groups is 1. The molecule has 0 atom stereocenters. The number of rotatable bonds is 13. The summed E-state index contributed by atoms with van der Waals surface area (Å²) in [7, 11) is 0. The number of morpholine rings is 1. The first kappa shape index (κ1) is 27.5. The summed E-state index contributed by atoms with van der Waals surface area (Å²) in [5, 5.41) is 17.5. The Morgan fingerprint density at radius 2 is 1.84 bits per heavy atom. The van der Waals surface area contributed by atoms with Gasteiger partial charge in [0.15, 0.2) is 5.96 Å². The van der Waals surface area contributed by atoms with Gasteiger partial charge in [-0.3, -0.25) is 15.0 Å². The van der Waals surface area contributed by atoms with Gasteiger partial charge in [-0.05, 0) is 18.4 Å². The first-order valence-corrected chi connectivity index (χ1v) is 10.8. The summed E-state index contributed by atoms with van der Waals surface area (Å²) in [6, 6.07) is 6.51. The minimum absolute atomic E-state index is 0. The van der Waals surface area contributed by atoms with Crippen LogP contribution in [-0.4, -0.2) is 74.9 Å². The highest BCUT2D eigenvalue weighted by molar-refractivity contribution is 14.0. The van der Waals surface area contributed by atoms with Gasteiger partial charge in [-0.1, -0.05) is 25.5 Å². The van der Waals surface area contributed by atoms with Crippen molar-refractivity contribution in [3.8, 4) is 0 Å². The standard InChI is InChI=1S/C21H35N5O4.HI/c1-2-3-14-29-15-4-9-22-21(23-10-11-25-12-16-30-17-13-25)24-18-19-5-7-20(8-6-19)26(27)28;/h5-8H,2-4,9-18H2,1H3,(H2,22,23,24);1H. The molecular weight excluding hydrogens is 513 g/mol. The maximum absolute atomic E-state index is 10.8. The van der Waals surface area contributed by atoms with E-state index in [9.17, 15) is 10.1 Å². The van der Waals surface area contributed by atoms with Crippen molar-refractivity contribution >= 4 is 35.6 Å². The van der Waals surface area contributed by atoms with E-state index >= 15 is 0 Å². The average molecular weight is 549 g/mol. The van der Waals surface area contributed by atoms with Crippen molar-refractivity contribution in [1.82, 2.24) is 15.5 Å². The Hall–Kier alpha value is -1.50. The second kappa shape index (κ2) is 17.1. The van der Waals surface area contributed by atoms with Gasteiger partial charge < -0.3 is 20.1 Å². The Morgan fingerprint density at radius 1 is 1.16 bits per heavy atom. The molecular formula is C21H36IN5O4. The molecule has 2 N–H and O–H groups in total. The molecule has 0 bridgehead atoms. The lowest BCUT2D eigenvalue weighted by Gasteiger charge is -2.26. The molecule has 0 spiro atoms. The number of hydrogen-bond acceptors (Lipinski definition) is 6. The minimum atomic E-state index is -0.393. The predicted molar refractivity (Wildman–Crippen MR) is 133 cm³/mol. The number of nitrogens with one attached hydrogen (secondary N) is 2. The summed E-state index contributed by atoms with van der Waals surface area (Å²) in [6.45, 7) is 10.1. The van der Waals surface area contributed by atoms with Crippen molar-refractivity contribution in [2.75, 3.05) is 59.2 Å². The molecule has 176 valence electrons. The first-order valence-electron chi connectivity index (χ1n) is 10.8. The molecule has 10 heteroatoms. The van der Waals surface area contributed by atoms with Crippen molar-refractivity contribution in [3.63, 3.8) is 0 Å². The van der Waals surface area contributed by atoms with E-state index in [0.29, 0.717) is 6.54 Å². The van der Waals surface area contributed by atoms with Gasteiger partial charge in [0.25, 0.3) is 5.69 Å². The molecule has 0 radical (unpaired) electrons. The van der Waals surface area contributed by atoms with Crippen LogP contribution in [-0.2, 0) is 16.0 Å². The summed E-state index contributed by atoms with van der Waals surface area (Å²) in [4.78, 5) is 17.4. The molecule has 1 aliphatic heterocycles. The van der Waals surface area contributed by atoms with E-state index in [-0.39, 0.29) is 29.7 Å². The van der Waals surface area contributed by atoms with Gasteiger partial charge in [-0.2, -0.15) is 0 Å². The molecule has 0 unspecified atom stereocenters. The third-order valence-corrected chi connectivity index (χ3v) is 4.79. The molecule has 1 heterocycles. The number of nitro groups is 1. The van der Waals surface area contributed by atoms with Crippen molar-refractivity contribution < 1.29 is 14.4 Å². The number of ether oxygens (including phenoxy) is 2. The molecule has 1 aromatic carbocycles. The zero-order valence-electron chi connectivity index (χ0n) is 18.4. The molecule has 0 aromatic heterocycles. The number of hydrogen-bond donors (Lipinski definition) is 2. The first-order chi connectivity index (χ1) is 14.7. The highest BCUT2D eigenvalue weighted by Gasteiger charge is 2.10. The van der Waals surface area contributed by atoms with Gasteiger partial charge in [-0.15, -0.1) is 24.0 Å². The van der Waals surface area contributed by atoms with Crippen LogP contribution in [0.2, 0.25) is 0 Å². The Bertz CT molecular complexity index is 639. The molecule has 0 saturated carbocycles. The molecule has 1 saturated heterocycles. The molecule has 31 heavy (non-hydrogen) atoms. The number of nitro benzene ring substituents is 1. The van der Waals surface area contributed by atoms with Crippen LogP contribution in [0, 0.1) is 10.1 Å². The molecule has 9 nitrogen and oxygen atoms in total. The minimum Gasteiger partial charge on any atom is -0.381 e. The van der Waals surface area contributed by atoms with E-state index in [1.54, 1.807) is 12.1 Å². The van der Waals surface area contributed by atoms with Crippen molar-refractivity contribution in [1.29, 1.82) is 0 Å². The van der Waals surface area contributed by atoms with E-state index in [1.807, 2.05) is 0 Å². The highest BCUT2D eigenvalue weighted by Crippen LogP contribution is 2.12. The number of unbranched alkanes of at least 4 members (excludes halogenated alkanes) is 1. The second-order valence-corrected chi connectivity index (χ2v) is 7.22. The fourth-order valence-corrected chi connectivity index (χ4v) is 2.95. The number of non-ortho nitro benzene ring substituents is 1. The summed E-state index contributed by atoms with van der Waals surface area (Å²) in [6.07, 6.45) is 3.15. The van der Waals surface area contributed by atoms with Crippen LogP contribution in [0.25, 0.3) is 0 Å². The Morgan fingerprint density at radius 3 is 2.52 bits per heavy atom. The van der Waals surface area contributed by atoms with Gasteiger partial charge in [0.2, 0.25) is 0 Å². The smallest absolute Gasteiger partial charge is 0.269 e. The lowest BCUT2D eigenvalue weighted by atomic mass is 10.2. The van der Waals surface area contributed by atoms with E-state index in [2.05, 4.69) is 27.4 Å². The van der Waals surface area contributed by atoms with E-state index < -0.39 is 4.92 Å². The van der Waals surface area contributed by atoms with Crippen LogP contribution in [0.5, 0.6) is 0 Å². The third-order valence-electron chi connectivity index (χ3n) is 4.79. The monoisotopic (exact) mass is 549 g/mol. The van der Waals surface area contributed by atoms with Gasteiger partial charge in [0.1, 0.15) is 0 Å². The fraction of sp³-hybridized carbons (Fsp3) is 0.667. The lowest BCUT2D eigenvalue weighted by molar-refractivity contribution is -0.384. The van der Waals surface area contributed by atoms with Crippen LogP contribution < -0.4 is 10.6 Å². The molecule has 0 aliphatic carbocycles. The van der Waals surface area contributed by atoms with Gasteiger partial charge in [0.05, 0.1) is 24.7 Å². The fourth-order valence-electron chi connectivity index (χ4n) is 2.95. The zero-order chi connectivity index (χ0) is 21.4. The summed E-state index contributed by atoms with van der Waals surface area (Å²) in [5.41, 5.74) is 1.02. The van der Waals surface area contributed by atoms with Crippen LogP contribution in [0.3, 0.4) is 0 Å². The predicted octanol–water partition coefficient (Wildman–Crippen LogP) is 2.79. The summed E-state index contributed by atoms with van der Waals surface area (Å²) >= 11 is 0. The van der Waals surface area contributed by atoms with Crippen molar-refractivity contribution in [3.05, 3.63) is 39.9 Å². The average Bonchev–Trinajstić information content (AvgIpc) is 2.77. The molecule has 1 fully saturated rings. The topological polar surface area (TPSA) is 101 Å². The maximum atomic E-state index is 10.8. The summed E-state index contributed by atoms with van der Waals surface area (Å²) < 4.78 is 11.0. The van der Waals surface area contributed by atoms with E-state index in [0.717, 1.165) is 89.9 Å². The highest BCUT2D eigenvalue weighted by atomic mass is 127. The number of nitrogens with zero attached hydrogens (tertiary/aromatic N) is 3. The van der Waals surface area contributed by atoms with Crippen LogP contribution in [0.1, 0.15) is 31.7 Å². The van der Waals surface area contributed by atoms with Gasteiger partial charge in [-0.25, -0.2) is 4.99 Å². The van der Waals surface area contributed by atoms with E-state index in [1.165, 1.54) is 12.1 Å². The number of halogens is 1. The van der Waals surface area contributed by atoms with Gasteiger partial charge in [0, 0.05) is 58.1 Å². The molecule has 0 amide bonds. The Balaban J connectivity index is 0.00000480. The normalized spacial score (nSPS) is 14.7. The lowest BCUT2D eigenvalue weighted by Crippen LogP contribution is -2.44. The third kappa shape index (κ3) is 12.2. The Labute approximate surface area is 202 Å². The molecule has 1 aromatic rings. The van der Waals surface area contributed by atoms with Crippen LogP contribution >= 0.6 is 24.0 Å². The van der Waals surface area contributed by atoms with Crippen LogP contribution in [0.15, 0.2) is 29.3 Å². The maximum Gasteiger partial charge on any atom is 0.269 e. The Kier molecular flexibility index (Phi) is 15.2. The quantitative estimate of drug-likeness (QED) is 0.0975. The van der Waals surface area contributed by atoms with E-state index in [4.69, 9.17) is 9.47 Å². The number of benzene rings is 1. The summed E-state index contributed by atoms with van der Waals surface area (Å²) in [5.74, 6) is 0.746. The molecule has 1 aliphatic rings. The largest absolute Gasteiger partial charge is 0.381 e. The SMILES string of the molecule is CCCCOCCCNC(=NCc1ccc([N+](=O)[O-])cc1)NCCN1CCOCC1.I. The second-order valence-electron chi connectivity index (χ2n) is 7.22. The zero-order valence-corrected chi connectivity index (χ0v) is 20.7.